The molecule has 0 aliphatic rings. The molecule has 0 radical (unpaired) electrons. The molecule has 0 aromatic heterocycles. The van der Waals surface area contributed by atoms with Crippen LogP contribution in [0, 0.1) is 0 Å². The first kappa shape index (κ1) is 27.0. The maximum atomic E-state index is 11.6. The molecule has 0 bridgehead atoms. The van der Waals surface area contributed by atoms with Gasteiger partial charge in [-0.15, -0.1) is 0 Å². The summed E-state index contributed by atoms with van der Waals surface area (Å²) in [7, 11) is 7.21. The maximum Gasteiger partial charge on any atom is 0.334 e. The first-order valence-electron chi connectivity index (χ1n) is 9.73. The van der Waals surface area contributed by atoms with Gasteiger partial charge in [0.1, 0.15) is 11.7 Å². The van der Waals surface area contributed by atoms with Crippen LogP contribution in [0.1, 0.15) is 25.0 Å². The largest absolute Gasteiger partial charge is 0.493 e. The van der Waals surface area contributed by atoms with Gasteiger partial charge in [-0.25, -0.2) is 4.79 Å². The zero-order chi connectivity index (χ0) is 24.5. The second kappa shape index (κ2) is 12.1. The molecule has 2 atom stereocenters. The lowest BCUT2D eigenvalue weighted by molar-refractivity contribution is -0.149. The molecule has 0 fully saturated rings. The summed E-state index contributed by atoms with van der Waals surface area (Å²) in [4.78, 5) is 10.0. The fourth-order valence-corrected chi connectivity index (χ4v) is 3.14. The molecule has 3 N–H and O–H groups in total. The van der Waals surface area contributed by atoms with Crippen molar-refractivity contribution < 1.29 is 43.8 Å². The van der Waals surface area contributed by atoms with Crippen molar-refractivity contribution in [2.24, 2.45) is 0 Å². The van der Waals surface area contributed by atoms with E-state index in [0.717, 1.165) is 0 Å². The lowest BCUT2D eigenvalue weighted by atomic mass is 9.81. The van der Waals surface area contributed by atoms with Crippen molar-refractivity contribution in [2.75, 3.05) is 35.5 Å². The van der Waals surface area contributed by atoms with Gasteiger partial charge in [0.25, 0.3) is 0 Å². The van der Waals surface area contributed by atoms with E-state index in [2.05, 4.69) is 4.74 Å². The van der Waals surface area contributed by atoms with E-state index < -0.39 is 23.8 Å². The fourth-order valence-electron chi connectivity index (χ4n) is 3.14. The number of benzene rings is 2. The van der Waals surface area contributed by atoms with E-state index >= 15 is 0 Å². The van der Waals surface area contributed by atoms with Gasteiger partial charge in [-0.3, -0.25) is 0 Å². The van der Waals surface area contributed by atoms with Crippen molar-refractivity contribution in [1.29, 1.82) is 0 Å². The van der Waals surface area contributed by atoms with Crippen LogP contribution in [-0.4, -0.2) is 69.0 Å². The van der Waals surface area contributed by atoms with Crippen molar-refractivity contribution in [1.82, 2.24) is 0 Å². The highest BCUT2D eigenvalue weighted by Gasteiger charge is 2.43. The SMILES string of the molecule is COC(=O)[C@H](C)O.COc1cccc(C(O)(c2cccc(OC)c2OC)[C@H](C)O)c1OC. The van der Waals surface area contributed by atoms with Crippen LogP contribution >= 0.6 is 0 Å². The Hall–Kier alpha value is -3.01. The molecule has 9 nitrogen and oxygen atoms in total. The Labute approximate surface area is 188 Å². The lowest BCUT2D eigenvalue weighted by Crippen LogP contribution is -2.39. The van der Waals surface area contributed by atoms with Crippen molar-refractivity contribution >= 4 is 5.97 Å². The Bertz CT molecular complexity index is 822. The molecule has 2 rings (SSSR count). The third kappa shape index (κ3) is 5.61. The molecule has 0 saturated carbocycles. The van der Waals surface area contributed by atoms with Crippen LogP contribution in [0.5, 0.6) is 23.0 Å². The van der Waals surface area contributed by atoms with Crippen LogP contribution in [-0.2, 0) is 15.1 Å². The number of esters is 1. The standard InChI is InChI=1S/C19H24O6.C4H8O3/c1-12(20)19(21,13-8-6-10-15(22-2)17(13)24-4)14-9-7-11-16(23-3)18(14)25-5;1-3(5)4(6)7-2/h6-12,20-21H,1-5H3;3,5H,1-2H3/t12-;3-/m00/s1. The number of carbonyl (C=O) groups is 1. The number of aliphatic hydroxyl groups excluding tert-OH is 2. The van der Waals surface area contributed by atoms with Crippen LogP contribution in [0.3, 0.4) is 0 Å². The fraction of sp³-hybridized carbons (Fsp3) is 0.435. The van der Waals surface area contributed by atoms with Crippen LogP contribution in [0.25, 0.3) is 0 Å². The van der Waals surface area contributed by atoms with Gasteiger partial charge in [0.2, 0.25) is 0 Å². The molecule has 0 spiro atoms. The monoisotopic (exact) mass is 452 g/mol. The molecule has 9 heteroatoms. The Kier molecular flexibility index (Phi) is 10.2. The van der Waals surface area contributed by atoms with Gasteiger partial charge in [0.05, 0.1) is 41.7 Å². The Morgan fingerprint density at radius 3 is 1.41 bits per heavy atom. The molecule has 2 aromatic rings. The van der Waals surface area contributed by atoms with E-state index in [-0.39, 0.29) is 0 Å². The smallest absolute Gasteiger partial charge is 0.334 e. The second-order valence-corrected chi connectivity index (χ2v) is 6.72. The molecule has 0 saturated heterocycles. The average Bonchev–Trinajstić information content (AvgIpc) is 2.81. The molecule has 0 amide bonds. The van der Waals surface area contributed by atoms with Crippen molar-refractivity contribution in [2.45, 2.75) is 31.7 Å². The Morgan fingerprint density at radius 1 is 0.781 bits per heavy atom. The summed E-state index contributed by atoms with van der Waals surface area (Å²) in [5.41, 5.74) is -1.09. The molecule has 0 unspecified atom stereocenters. The van der Waals surface area contributed by atoms with E-state index in [9.17, 15) is 15.0 Å². The van der Waals surface area contributed by atoms with Crippen LogP contribution < -0.4 is 18.9 Å². The highest BCUT2D eigenvalue weighted by atomic mass is 16.5. The number of hydrogen-bond donors (Lipinski definition) is 3. The summed E-state index contributed by atoms with van der Waals surface area (Å²) >= 11 is 0. The van der Waals surface area contributed by atoms with E-state index in [1.165, 1.54) is 49.4 Å². The summed E-state index contributed by atoms with van der Waals surface area (Å²) in [5.74, 6) is 0.957. The topological polar surface area (TPSA) is 124 Å². The predicted molar refractivity (Wildman–Crippen MR) is 117 cm³/mol. The highest BCUT2D eigenvalue weighted by Crippen LogP contribution is 2.47. The number of hydrogen-bond acceptors (Lipinski definition) is 9. The third-order valence-corrected chi connectivity index (χ3v) is 4.77. The number of para-hydroxylation sites is 2. The summed E-state index contributed by atoms with van der Waals surface area (Å²) in [6.07, 6.45) is -2.17. The molecular formula is C23H32O9. The zero-order valence-corrected chi connectivity index (χ0v) is 19.4. The molecule has 0 aliphatic heterocycles. The van der Waals surface area contributed by atoms with Crippen molar-refractivity contribution in [3.63, 3.8) is 0 Å². The minimum atomic E-state index is -1.81. The third-order valence-electron chi connectivity index (χ3n) is 4.77. The van der Waals surface area contributed by atoms with Crippen molar-refractivity contribution in [3.05, 3.63) is 47.5 Å². The minimum Gasteiger partial charge on any atom is -0.493 e. The first-order valence-corrected chi connectivity index (χ1v) is 9.73. The quantitative estimate of drug-likeness (QED) is 0.515. The number of rotatable bonds is 8. The lowest BCUT2D eigenvalue weighted by Gasteiger charge is -2.34. The summed E-state index contributed by atoms with van der Waals surface area (Å²) in [5, 5.41) is 30.4. The van der Waals surface area contributed by atoms with Crippen LogP contribution in [0.4, 0.5) is 0 Å². The number of ether oxygens (including phenoxy) is 5. The summed E-state index contributed by atoms with van der Waals surface area (Å²) in [6.45, 7) is 2.85. The van der Waals surface area contributed by atoms with Gasteiger partial charge in [-0.1, -0.05) is 24.3 Å². The maximum absolute atomic E-state index is 11.6. The van der Waals surface area contributed by atoms with Gasteiger partial charge < -0.3 is 39.0 Å². The van der Waals surface area contributed by atoms with Gasteiger partial charge in [-0.05, 0) is 26.0 Å². The normalized spacial score (nSPS) is 12.6. The highest BCUT2D eigenvalue weighted by molar-refractivity contribution is 5.73. The molecule has 0 heterocycles. The van der Waals surface area contributed by atoms with Gasteiger partial charge in [0.15, 0.2) is 23.0 Å². The molecular weight excluding hydrogens is 420 g/mol. The predicted octanol–water partition coefficient (Wildman–Crippen LogP) is 1.88. The Morgan fingerprint density at radius 2 is 1.19 bits per heavy atom. The van der Waals surface area contributed by atoms with Crippen LogP contribution in [0.15, 0.2) is 36.4 Å². The molecule has 32 heavy (non-hydrogen) atoms. The van der Waals surface area contributed by atoms with E-state index in [1.54, 1.807) is 36.4 Å². The first-order chi connectivity index (χ1) is 15.1. The van der Waals surface area contributed by atoms with Gasteiger partial charge in [0, 0.05) is 11.1 Å². The number of aliphatic hydroxyl groups is 3. The van der Waals surface area contributed by atoms with Crippen molar-refractivity contribution in [3.8, 4) is 23.0 Å². The van der Waals surface area contributed by atoms with E-state index in [1.807, 2.05) is 0 Å². The minimum absolute atomic E-state index is 0.332. The summed E-state index contributed by atoms with van der Waals surface area (Å²) in [6, 6.07) is 10.2. The summed E-state index contributed by atoms with van der Waals surface area (Å²) < 4.78 is 25.6. The molecule has 178 valence electrons. The second-order valence-electron chi connectivity index (χ2n) is 6.72. The van der Waals surface area contributed by atoms with E-state index in [4.69, 9.17) is 24.1 Å². The number of methoxy groups -OCH3 is 5. The van der Waals surface area contributed by atoms with Crippen LogP contribution in [0.2, 0.25) is 0 Å². The van der Waals surface area contributed by atoms with Gasteiger partial charge in [-0.2, -0.15) is 0 Å². The Balaban J connectivity index is 0.000000633. The molecule has 0 aliphatic carbocycles. The van der Waals surface area contributed by atoms with Gasteiger partial charge >= 0.3 is 5.97 Å². The zero-order valence-electron chi connectivity index (χ0n) is 19.4. The average molecular weight is 453 g/mol. The molecule has 2 aromatic carbocycles. The number of carbonyl (C=O) groups excluding carboxylic acids is 1. The van der Waals surface area contributed by atoms with E-state index in [0.29, 0.717) is 34.1 Å².